The number of halogens is 2. The maximum Gasteiger partial charge on any atom is 0.242 e. The van der Waals surface area contributed by atoms with Crippen LogP contribution in [0.5, 0.6) is 0 Å². The second kappa shape index (κ2) is 14.1. The van der Waals surface area contributed by atoms with E-state index < -0.39 is 0 Å². The van der Waals surface area contributed by atoms with Crippen molar-refractivity contribution in [2.75, 3.05) is 0 Å². The highest BCUT2D eigenvalue weighted by molar-refractivity contribution is 6.98. The van der Waals surface area contributed by atoms with Gasteiger partial charge in [-0.05, 0) is 55.6 Å². The van der Waals surface area contributed by atoms with Crippen molar-refractivity contribution < 1.29 is 8.78 Å². The van der Waals surface area contributed by atoms with Crippen molar-refractivity contribution in [3.05, 3.63) is 218 Å². The predicted octanol–water partition coefficient (Wildman–Crippen LogP) is 9.23. The molecule has 0 spiro atoms. The van der Waals surface area contributed by atoms with Gasteiger partial charge in [-0.1, -0.05) is 227 Å². The van der Waals surface area contributed by atoms with Crippen molar-refractivity contribution in [3.63, 3.8) is 0 Å². The lowest BCUT2D eigenvalue weighted by molar-refractivity contribution is 0.631. The Balaban J connectivity index is 1.41. The quantitative estimate of drug-likeness (QED) is 0.109. The third-order valence-electron chi connectivity index (χ3n) is 11.4. The highest BCUT2D eigenvalue weighted by Crippen LogP contribution is 2.42. The van der Waals surface area contributed by atoms with Crippen LogP contribution in [0.3, 0.4) is 0 Å². The first-order chi connectivity index (χ1) is 27.7. The van der Waals surface area contributed by atoms with E-state index in [4.69, 9.17) is 0 Å². The Morgan fingerprint density at radius 2 is 0.554 bits per heavy atom. The van der Waals surface area contributed by atoms with E-state index in [-0.39, 0.29) is 25.1 Å². The Kier molecular flexibility index (Phi) is 8.53. The molecule has 0 heterocycles. The Morgan fingerprint density at radius 3 is 0.875 bits per heavy atom. The number of hydrogen-bond acceptors (Lipinski definition) is 0. The Labute approximate surface area is 326 Å². The molecule has 56 heavy (non-hydrogen) atoms. The van der Waals surface area contributed by atoms with Crippen LogP contribution in [0.4, 0.5) is 8.78 Å². The summed E-state index contributed by atoms with van der Waals surface area (Å²) in [5.41, 5.74) is 9.52. The zero-order valence-electron chi connectivity index (χ0n) is 30.5. The normalized spacial score (nSPS) is 11.4. The number of benzene rings is 10. The van der Waals surface area contributed by atoms with E-state index >= 15 is 8.78 Å². The first-order valence-electron chi connectivity index (χ1n) is 19.1. The van der Waals surface area contributed by atoms with Crippen LogP contribution in [0, 0.1) is 11.6 Å². The van der Waals surface area contributed by atoms with E-state index in [9.17, 15) is 0 Å². The molecule has 10 aromatic rings. The van der Waals surface area contributed by atoms with Crippen LogP contribution >= 0.6 is 0 Å². The van der Waals surface area contributed by atoms with Crippen molar-refractivity contribution in [2.24, 2.45) is 0 Å². The van der Waals surface area contributed by atoms with E-state index in [0.29, 0.717) is 11.1 Å². The number of rotatable bonds is 8. The molecule has 0 fully saturated rings. The van der Waals surface area contributed by atoms with Gasteiger partial charge < -0.3 is 0 Å². The molecule has 0 aromatic heterocycles. The van der Waals surface area contributed by atoms with Crippen LogP contribution in [-0.4, -0.2) is 13.4 Å². The molecular formula is C52H34B2F2. The minimum absolute atomic E-state index is 0.139. The molecule has 4 heteroatoms. The van der Waals surface area contributed by atoms with Gasteiger partial charge in [-0.15, -0.1) is 0 Å². The summed E-state index contributed by atoms with van der Waals surface area (Å²) >= 11 is 0. The van der Waals surface area contributed by atoms with Gasteiger partial charge >= 0.3 is 0 Å². The topological polar surface area (TPSA) is 0 Å². The molecule has 0 saturated heterocycles. The van der Waals surface area contributed by atoms with Gasteiger partial charge in [0, 0.05) is 11.1 Å². The average molecular weight is 718 g/mol. The van der Waals surface area contributed by atoms with Crippen LogP contribution < -0.4 is 32.8 Å². The lowest BCUT2D eigenvalue weighted by atomic mass is 9.35. The average Bonchev–Trinajstić information content (AvgIpc) is 3.25. The van der Waals surface area contributed by atoms with E-state index in [2.05, 4.69) is 133 Å². The molecule has 0 radical (unpaired) electrons. The van der Waals surface area contributed by atoms with Gasteiger partial charge in [0.15, 0.2) is 0 Å². The summed E-state index contributed by atoms with van der Waals surface area (Å²) < 4.78 is 32.2. The molecule has 0 aliphatic carbocycles. The molecule has 0 bridgehead atoms. The van der Waals surface area contributed by atoms with E-state index in [1.54, 1.807) is 12.1 Å². The van der Waals surface area contributed by atoms with E-state index in [1.807, 2.05) is 48.5 Å². The molecule has 0 N–H and O–H groups in total. The molecule has 0 saturated carbocycles. The van der Waals surface area contributed by atoms with Gasteiger partial charge in [0.25, 0.3) is 0 Å². The van der Waals surface area contributed by atoms with Crippen LogP contribution in [0.15, 0.2) is 206 Å². The van der Waals surface area contributed by atoms with Crippen LogP contribution in [0.2, 0.25) is 0 Å². The van der Waals surface area contributed by atoms with Crippen LogP contribution in [0.25, 0.3) is 54.6 Å². The van der Waals surface area contributed by atoms with E-state index in [1.165, 1.54) is 12.1 Å². The third kappa shape index (κ3) is 5.69. The minimum atomic E-state index is -0.273. The van der Waals surface area contributed by atoms with Crippen molar-refractivity contribution in [1.82, 2.24) is 0 Å². The van der Waals surface area contributed by atoms with Gasteiger partial charge in [0.05, 0.1) is 0 Å². The Bertz CT molecular complexity index is 2700. The molecule has 0 atom stereocenters. The Hall–Kier alpha value is -6.77. The molecule has 10 rings (SSSR count). The minimum Gasteiger partial charge on any atom is -0.206 e. The maximum absolute atomic E-state index is 16.1. The molecule has 262 valence electrons. The van der Waals surface area contributed by atoms with Gasteiger partial charge in [-0.2, -0.15) is 0 Å². The fourth-order valence-corrected chi connectivity index (χ4v) is 9.02. The monoisotopic (exact) mass is 718 g/mol. The van der Waals surface area contributed by atoms with Crippen LogP contribution in [-0.2, 0) is 0 Å². The second-order valence-corrected chi connectivity index (χ2v) is 14.6. The zero-order valence-corrected chi connectivity index (χ0v) is 30.5. The summed E-state index contributed by atoms with van der Waals surface area (Å²) in [6, 6.07) is 69.6. The van der Waals surface area contributed by atoms with Crippen LogP contribution in [0.1, 0.15) is 0 Å². The second-order valence-electron chi connectivity index (χ2n) is 14.6. The Morgan fingerprint density at radius 1 is 0.268 bits per heavy atom. The SMILES string of the molecule is Fc1ccccc1-c1cc(B(c2ccccc2)c2ccccc2)c2ccc3c(-c4ccccc4F)cc(B(c4ccccc4)c4ccccc4)c4ccc1c2c43. The van der Waals surface area contributed by atoms with Gasteiger partial charge in [0.1, 0.15) is 11.6 Å². The summed E-state index contributed by atoms with van der Waals surface area (Å²) in [5.74, 6) is -0.546. The fourth-order valence-electron chi connectivity index (χ4n) is 9.02. The molecule has 0 aliphatic rings. The molecule has 0 aliphatic heterocycles. The molecular weight excluding hydrogens is 684 g/mol. The fraction of sp³-hybridized carbons (Fsp3) is 0. The highest BCUT2D eigenvalue weighted by Gasteiger charge is 2.30. The smallest absolute Gasteiger partial charge is 0.206 e. The molecule has 10 aromatic carbocycles. The van der Waals surface area contributed by atoms with E-state index in [0.717, 1.165) is 76.2 Å². The van der Waals surface area contributed by atoms with Gasteiger partial charge in [-0.25, -0.2) is 8.78 Å². The molecule has 0 unspecified atom stereocenters. The standard InChI is InChI=1S/C52H34B2F2/c55-49-27-15-13-25-39(49)45-33-47(53(35-17-5-1-6-18-35)36-19-7-2-8-20-36)43-31-29-42-46(40-26-14-16-28-50(40)56)34-48(44-32-30-41(45)51(43)52(42)44)54(37-21-9-3-10-22-37)38-23-11-4-12-24-38/h1-34H. The van der Waals surface area contributed by atoms with Gasteiger partial charge in [0.2, 0.25) is 13.4 Å². The molecule has 0 nitrogen and oxygen atoms in total. The largest absolute Gasteiger partial charge is 0.242 e. The first-order valence-corrected chi connectivity index (χ1v) is 19.1. The summed E-state index contributed by atoms with van der Waals surface area (Å²) in [7, 11) is 0. The van der Waals surface area contributed by atoms with Crippen molar-refractivity contribution in [2.45, 2.75) is 0 Å². The molecule has 0 amide bonds. The summed E-state index contributed by atoms with van der Waals surface area (Å²) in [4.78, 5) is 0. The summed E-state index contributed by atoms with van der Waals surface area (Å²) in [5, 5.41) is 6.18. The lowest BCUT2D eigenvalue weighted by Gasteiger charge is -2.25. The predicted molar refractivity (Wildman–Crippen MR) is 236 cm³/mol. The number of hydrogen-bond donors (Lipinski definition) is 0. The highest BCUT2D eigenvalue weighted by atomic mass is 19.1. The summed E-state index contributed by atoms with van der Waals surface area (Å²) in [6.45, 7) is -0.279. The first kappa shape index (κ1) is 33.8. The maximum atomic E-state index is 16.1. The van der Waals surface area contributed by atoms with Gasteiger partial charge in [-0.3, -0.25) is 0 Å². The van der Waals surface area contributed by atoms with Crippen molar-refractivity contribution in [3.8, 4) is 22.3 Å². The third-order valence-corrected chi connectivity index (χ3v) is 11.4. The van der Waals surface area contributed by atoms with Crippen molar-refractivity contribution in [1.29, 1.82) is 0 Å². The zero-order chi connectivity index (χ0) is 37.6. The lowest BCUT2D eigenvalue weighted by Crippen LogP contribution is -2.52. The summed E-state index contributed by atoms with van der Waals surface area (Å²) in [6.07, 6.45) is 0. The van der Waals surface area contributed by atoms with Crippen molar-refractivity contribution >= 4 is 78.5 Å².